The fraction of sp³-hybridized carbons (Fsp3) is 0.174. The van der Waals surface area contributed by atoms with Crippen molar-refractivity contribution in [3.05, 3.63) is 83.9 Å². The van der Waals surface area contributed by atoms with Gasteiger partial charge in [0.2, 0.25) is 0 Å². The van der Waals surface area contributed by atoms with Crippen molar-refractivity contribution in [1.82, 2.24) is 5.32 Å². The van der Waals surface area contributed by atoms with Crippen LogP contribution in [0.25, 0.3) is 0 Å². The van der Waals surface area contributed by atoms with Crippen molar-refractivity contribution < 1.29 is 19.0 Å². The van der Waals surface area contributed by atoms with E-state index in [4.69, 9.17) is 14.2 Å². The van der Waals surface area contributed by atoms with Gasteiger partial charge in [0.1, 0.15) is 29.1 Å². The second kappa shape index (κ2) is 8.05. The molecule has 1 heterocycles. The molecule has 3 aromatic rings. The molecule has 1 aliphatic heterocycles. The van der Waals surface area contributed by atoms with Crippen LogP contribution in [0.15, 0.2) is 72.8 Å². The van der Waals surface area contributed by atoms with Gasteiger partial charge in [-0.3, -0.25) is 4.79 Å². The largest absolute Gasteiger partial charge is 0.497 e. The number of hydrogen-bond donors (Lipinski definition) is 1. The molecule has 1 aliphatic rings. The summed E-state index contributed by atoms with van der Waals surface area (Å²) < 4.78 is 16.9. The summed E-state index contributed by atoms with van der Waals surface area (Å²) in [5, 5.41) is 2.93. The number of amides is 1. The van der Waals surface area contributed by atoms with Gasteiger partial charge in [-0.1, -0.05) is 18.2 Å². The standard InChI is InChI=1S/C23H21NO4/c1-26-18-9-7-16(8-10-18)23(25)24-15-21-14-17-13-20(11-12-22(17)28-21)27-19-5-3-2-4-6-19/h2-13,21H,14-15H2,1H3,(H,24,25)/t21-/m0/s1. The van der Waals surface area contributed by atoms with E-state index >= 15 is 0 Å². The van der Waals surface area contributed by atoms with Crippen LogP contribution >= 0.6 is 0 Å². The highest BCUT2D eigenvalue weighted by Crippen LogP contribution is 2.33. The Morgan fingerprint density at radius 1 is 1.00 bits per heavy atom. The highest BCUT2D eigenvalue weighted by atomic mass is 16.5. The molecule has 5 nitrogen and oxygen atoms in total. The topological polar surface area (TPSA) is 56.8 Å². The zero-order valence-electron chi connectivity index (χ0n) is 15.6. The Labute approximate surface area is 163 Å². The Kier molecular flexibility index (Phi) is 5.15. The van der Waals surface area contributed by atoms with Gasteiger partial charge in [-0.15, -0.1) is 0 Å². The van der Waals surface area contributed by atoms with Crippen LogP contribution in [0.3, 0.4) is 0 Å². The van der Waals surface area contributed by atoms with E-state index in [1.165, 1.54) is 0 Å². The molecule has 1 atom stereocenters. The van der Waals surface area contributed by atoms with Crippen molar-refractivity contribution in [1.29, 1.82) is 0 Å². The number of para-hydroxylation sites is 1. The van der Waals surface area contributed by atoms with Crippen LogP contribution in [0.4, 0.5) is 0 Å². The van der Waals surface area contributed by atoms with Crippen molar-refractivity contribution in [2.75, 3.05) is 13.7 Å². The summed E-state index contributed by atoms with van der Waals surface area (Å²) in [6.07, 6.45) is 0.633. The molecule has 0 fully saturated rings. The third-order valence-corrected chi connectivity index (χ3v) is 4.59. The van der Waals surface area contributed by atoms with Crippen LogP contribution < -0.4 is 19.5 Å². The van der Waals surface area contributed by atoms with Crippen LogP contribution in [-0.2, 0) is 6.42 Å². The van der Waals surface area contributed by atoms with E-state index in [0.29, 0.717) is 12.1 Å². The second-order valence-corrected chi connectivity index (χ2v) is 6.57. The molecule has 1 amide bonds. The normalized spacial score (nSPS) is 14.7. The minimum Gasteiger partial charge on any atom is -0.497 e. The maximum atomic E-state index is 12.3. The zero-order chi connectivity index (χ0) is 19.3. The van der Waals surface area contributed by atoms with Crippen LogP contribution in [0, 0.1) is 0 Å². The predicted molar refractivity (Wildman–Crippen MR) is 106 cm³/mol. The van der Waals surface area contributed by atoms with Crippen molar-refractivity contribution in [3.8, 4) is 23.0 Å². The monoisotopic (exact) mass is 375 g/mol. The number of carbonyl (C=O) groups is 1. The summed E-state index contributed by atoms with van der Waals surface area (Å²) in [4.78, 5) is 12.3. The van der Waals surface area contributed by atoms with E-state index in [9.17, 15) is 4.79 Å². The maximum absolute atomic E-state index is 12.3. The molecule has 0 bridgehead atoms. The Morgan fingerprint density at radius 3 is 2.50 bits per heavy atom. The number of hydrogen-bond acceptors (Lipinski definition) is 4. The summed E-state index contributed by atoms with van der Waals surface area (Å²) in [6, 6.07) is 22.5. The minimum atomic E-state index is -0.129. The molecule has 0 saturated carbocycles. The van der Waals surface area contributed by atoms with Gasteiger partial charge in [0, 0.05) is 17.5 Å². The van der Waals surface area contributed by atoms with Gasteiger partial charge in [0.05, 0.1) is 13.7 Å². The first kappa shape index (κ1) is 17.9. The van der Waals surface area contributed by atoms with E-state index in [-0.39, 0.29) is 12.0 Å². The first-order valence-corrected chi connectivity index (χ1v) is 9.16. The van der Waals surface area contributed by atoms with E-state index in [1.54, 1.807) is 31.4 Å². The lowest BCUT2D eigenvalue weighted by Gasteiger charge is -2.12. The minimum absolute atomic E-state index is 0.0934. The molecule has 0 aliphatic carbocycles. The highest BCUT2D eigenvalue weighted by molar-refractivity contribution is 5.94. The molecular weight excluding hydrogens is 354 g/mol. The molecule has 142 valence electrons. The van der Waals surface area contributed by atoms with Crippen molar-refractivity contribution in [2.24, 2.45) is 0 Å². The van der Waals surface area contributed by atoms with Gasteiger partial charge < -0.3 is 19.5 Å². The molecule has 4 rings (SSSR count). The van der Waals surface area contributed by atoms with Gasteiger partial charge in [-0.25, -0.2) is 0 Å². The molecule has 0 aromatic heterocycles. The molecule has 0 radical (unpaired) electrons. The molecule has 0 unspecified atom stereocenters. The van der Waals surface area contributed by atoms with E-state index in [0.717, 1.165) is 35.0 Å². The first-order valence-electron chi connectivity index (χ1n) is 9.16. The number of rotatable bonds is 6. The summed E-state index contributed by atoms with van der Waals surface area (Å²) in [7, 11) is 1.60. The van der Waals surface area contributed by atoms with Crippen LogP contribution in [0.1, 0.15) is 15.9 Å². The average molecular weight is 375 g/mol. The molecule has 28 heavy (non-hydrogen) atoms. The number of nitrogens with one attached hydrogen (secondary N) is 1. The van der Waals surface area contributed by atoms with Crippen molar-refractivity contribution in [3.63, 3.8) is 0 Å². The maximum Gasteiger partial charge on any atom is 0.251 e. The van der Waals surface area contributed by atoms with Gasteiger partial charge in [-0.2, -0.15) is 0 Å². The quantitative estimate of drug-likeness (QED) is 0.701. The molecule has 1 N–H and O–H groups in total. The number of carbonyl (C=O) groups excluding carboxylic acids is 1. The van der Waals surface area contributed by atoms with E-state index < -0.39 is 0 Å². The Balaban J connectivity index is 1.33. The number of methoxy groups -OCH3 is 1. The summed E-state index contributed by atoms with van der Waals surface area (Å²) in [5.74, 6) is 3.00. The smallest absolute Gasteiger partial charge is 0.251 e. The molecule has 0 saturated heterocycles. The Bertz CT molecular complexity index is 954. The lowest BCUT2D eigenvalue weighted by atomic mass is 10.1. The summed E-state index contributed by atoms with van der Waals surface area (Å²) in [5.41, 5.74) is 1.67. The van der Waals surface area contributed by atoms with Crippen LogP contribution in [0.5, 0.6) is 23.0 Å². The Morgan fingerprint density at radius 2 is 1.75 bits per heavy atom. The Hall–Kier alpha value is -3.47. The SMILES string of the molecule is COc1ccc(C(=O)NC[C@@H]2Cc3cc(Oc4ccccc4)ccc3O2)cc1. The lowest BCUT2D eigenvalue weighted by Crippen LogP contribution is -2.34. The predicted octanol–water partition coefficient (Wildman–Crippen LogP) is 4.22. The van der Waals surface area contributed by atoms with Crippen LogP contribution in [0.2, 0.25) is 0 Å². The van der Waals surface area contributed by atoms with Gasteiger partial charge in [-0.05, 0) is 54.6 Å². The van der Waals surface area contributed by atoms with Gasteiger partial charge >= 0.3 is 0 Å². The lowest BCUT2D eigenvalue weighted by molar-refractivity contribution is 0.0933. The van der Waals surface area contributed by atoms with E-state index in [2.05, 4.69) is 5.32 Å². The number of fused-ring (bicyclic) bond motifs is 1. The average Bonchev–Trinajstić information content (AvgIpc) is 3.15. The molecule has 0 spiro atoms. The molecular formula is C23H21NO4. The number of ether oxygens (including phenoxy) is 3. The van der Waals surface area contributed by atoms with Gasteiger partial charge in [0.15, 0.2) is 0 Å². The summed E-state index contributed by atoms with van der Waals surface area (Å²) >= 11 is 0. The van der Waals surface area contributed by atoms with Crippen molar-refractivity contribution in [2.45, 2.75) is 12.5 Å². The summed E-state index contributed by atoms with van der Waals surface area (Å²) in [6.45, 7) is 0.439. The highest BCUT2D eigenvalue weighted by Gasteiger charge is 2.24. The first-order chi connectivity index (χ1) is 13.7. The molecule has 5 heteroatoms. The third-order valence-electron chi connectivity index (χ3n) is 4.59. The van der Waals surface area contributed by atoms with Gasteiger partial charge in [0.25, 0.3) is 5.91 Å². The van der Waals surface area contributed by atoms with E-state index in [1.807, 2.05) is 48.5 Å². The second-order valence-electron chi connectivity index (χ2n) is 6.57. The van der Waals surface area contributed by atoms with Crippen LogP contribution in [-0.4, -0.2) is 25.7 Å². The fourth-order valence-electron chi connectivity index (χ4n) is 3.15. The zero-order valence-corrected chi connectivity index (χ0v) is 15.6. The van der Waals surface area contributed by atoms with Crippen molar-refractivity contribution >= 4 is 5.91 Å². The fourth-order valence-corrected chi connectivity index (χ4v) is 3.15. The third kappa shape index (κ3) is 4.09. The number of benzene rings is 3. The molecule has 3 aromatic carbocycles.